The summed E-state index contributed by atoms with van der Waals surface area (Å²) in [5.41, 5.74) is 1.78. The molecular weight excluding hydrogens is 429 g/mol. The average molecular weight is 455 g/mol. The summed E-state index contributed by atoms with van der Waals surface area (Å²) < 4.78 is 5.12. The summed E-state index contributed by atoms with van der Waals surface area (Å²) in [6, 6.07) is 18.4. The number of cyclic esters (lactones) is 1. The largest absolute Gasteiger partial charge is 0.446 e. The van der Waals surface area contributed by atoms with Crippen LogP contribution >= 0.6 is 0 Å². The Labute approximate surface area is 192 Å². The van der Waals surface area contributed by atoms with E-state index < -0.39 is 18.1 Å². The molecule has 28 heavy (non-hydrogen) atoms. The van der Waals surface area contributed by atoms with Crippen LogP contribution < -0.4 is 5.32 Å². The molecule has 1 fully saturated rings. The van der Waals surface area contributed by atoms with Gasteiger partial charge in [-0.25, -0.2) is 9.69 Å². The topological polar surface area (TPSA) is 58.6 Å². The molecule has 1 aliphatic heterocycles. The van der Waals surface area contributed by atoms with E-state index >= 15 is 0 Å². The fraction of sp³-hybridized carbons (Fsp3) is 0.273. The molecule has 147 valence electrons. The Morgan fingerprint density at radius 2 is 1.64 bits per heavy atom. The number of hydrogen-bond donors (Lipinski definition) is 1. The van der Waals surface area contributed by atoms with E-state index in [9.17, 15) is 9.59 Å². The first-order valence-electron chi connectivity index (χ1n) is 8.98. The molecule has 1 radical (unpaired) electrons. The zero-order valence-electron chi connectivity index (χ0n) is 16.4. The predicted octanol–water partition coefficient (Wildman–Crippen LogP) is 4.50. The van der Waals surface area contributed by atoms with Gasteiger partial charge in [0.25, 0.3) is 0 Å². The minimum absolute atomic E-state index is 0. The second-order valence-corrected chi connectivity index (χ2v) is 6.12. The molecule has 3 atom stereocenters. The predicted molar refractivity (Wildman–Crippen MR) is 107 cm³/mol. The number of hydrogen-bond acceptors (Lipinski definition) is 4. The first-order valence-corrected chi connectivity index (χ1v) is 8.98. The van der Waals surface area contributed by atoms with Crippen LogP contribution in [0.2, 0.25) is 0 Å². The third kappa shape index (κ3) is 5.89. The molecule has 0 unspecified atom stereocenters. The van der Waals surface area contributed by atoms with Crippen molar-refractivity contribution >= 4 is 17.7 Å². The van der Waals surface area contributed by atoms with Gasteiger partial charge in [0.05, 0.1) is 0 Å². The smallest absolute Gasteiger partial charge is 0.417 e. The summed E-state index contributed by atoms with van der Waals surface area (Å²) >= 11 is 0. The molecule has 1 heterocycles. The quantitative estimate of drug-likeness (QED) is 0.675. The fourth-order valence-electron chi connectivity index (χ4n) is 2.88. The van der Waals surface area contributed by atoms with E-state index in [0.29, 0.717) is 0 Å². The zero-order chi connectivity index (χ0) is 19.8. The van der Waals surface area contributed by atoms with Crippen LogP contribution in [0.5, 0.6) is 0 Å². The van der Waals surface area contributed by atoms with Gasteiger partial charge >= 0.3 is 6.09 Å². The Morgan fingerprint density at radius 1 is 1.11 bits per heavy atom. The van der Waals surface area contributed by atoms with Crippen LogP contribution in [-0.2, 0) is 42.2 Å². The van der Waals surface area contributed by atoms with Crippen molar-refractivity contribution in [2.45, 2.75) is 25.9 Å². The maximum Gasteiger partial charge on any atom is 0.417 e. The zero-order valence-corrected chi connectivity index (χ0v) is 19.2. The summed E-state index contributed by atoms with van der Waals surface area (Å²) in [4.78, 5) is 26.2. The maximum atomic E-state index is 12.9. The minimum Gasteiger partial charge on any atom is -0.446 e. The molecule has 2 amide bonds. The number of carbonyl (C=O) groups excluding carboxylic acids is 2. The molecule has 1 saturated heterocycles. The standard InChI is InChI=1S/C20H21N2O3.C2H5.Y/c1-14(15(2)21-17-11-7-4-8-12-17)19(23)22-18(13-25-20(22)24)16-9-5-3-6-10-16;1-2;/h3-12,14-15,18,21H,1,13H2,2H3;1H2,2H3;/q2*-1;/t14-,15-,18-;;/m1../s1. The monoisotopic (exact) mass is 455 g/mol. The normalized spacial score (nSPS) is 17.4. The SMILES string of the molecule is [CH2-]C.[CH2-][C@@H](C(=O)N1C(=O)OC[C@@H]1c1ccccc1)[C@@H](C)Nc1ccccc1.[Y]. The van der Waals surface area contributed by atoms with Gasteiger partial charge in [-0.3, -0.25) is 4.79 Å². The van der Waals surface area contributed by atoms with E-state index in [0.717, 1.165) is 11.3 Å². The Balaban J connectivity index is 0.00000127. The minimum atomic E-state index is -0.628. The van der Waals surface area contributed by atoms with Crippen molar-refractivity contribution in [1.29, 1.82) is 0 Å². The third-order valence-electron chi connectivity index (χ3n) is 4.38. The van der Waals surface area contributed by atoms with Gasteiger partial charge in [0, 0.05) is 44.4 Å². The number of anilines is 1. The second-order valence-electron chi connectivity index (χ2n) is 6.12. The number of nitrogens with one attached hydrogen (secondary N) is 1. The van der Waals surface area contributed by atoms with Crippen molar-refractivity contribution in [3.05, 3.63) is 80.1 Å². The molecule has 0 aromatic heterocycles. The van der Waals surface area contributed by atoms with Crippen LogP contribution in [0.15, 0.2) is 60.7 Å². The number of ether oxygens (including phenoxy) is 1. The first-order chi connectivity index (χ1) is 13.1. The first kappa shape index (κ1) is 24.3. The number of amides is 2. The summed E-state index contributed by atoms with van der Waals surface area (Å²) in [7, 11) is 0. The van der Waals surface area contributed by atoms with Crippen LogP contribution in [0.25, 0.3) is 0 Å². The summed E-state index contributed by atoms with van der Waals surface area (Å²) in [6.07, 6.45) is -0.612. The number of rotatable bonds is 5. The number of nitrogens with zero attached hydrogens (tertiary/aromatic N) is 1. The number of imide groups is 1. The molecule has 5 nitrogen and oxygen atoms in total. The molecule has 0 bridgehead atoms. The van der Waals surface area contributed by atoms with Crippen LogP contribution in [0.3, 0.4) is 0 Å². The van der Waals surface area contributed by atoms with Gasteiger partial charge < -0.3 is 23.9 Å². The van der Waals surface area contributed by atoms with Gasteiger partial charge in [-0.05, 0) is 24.6 Å². The Hall–Kier alpha value is -1.72. The molecule has 3 rings (SSSR count). The fourth-order valence-corrected chi connectivity index (χ4v) is 2.88. The van der Waals surface area contributed by atoms with E-state index in [4.69, 9.17) is 4.74 Å². The number of carbonyl (C=O) groups is 2. The van der Waals surface area contributed by atoms with E-state index in [2.05, 4.69) is 19.2 Å². The van der Waals surface area contributed by atoms with E-state index in [1.54, 1.807) is 6.92 Å². The molecule has 0 spiro atoms. The van der Waals surface area contributed by atoms with E-state index in [-0.39, 0.29) is 51.3 Å². The maximum absolute atomic E-state index is 12.9. The van der Waals surface area contributed by atoms with E-state index in [1.165, 1.54) is 4.90 Å². The van der Waals surface area contributed by atoms with Crippen molar-refractivity contribution in [2.24, 2.45) is 5.92 Å². The Kier molecular flexibility index (Phi) is 10.4. The number of benzene rings is 2. The molecule has 2 aromatic rings. The van der Waals surface area contributed by atoms with Crippen molar-refractivity contribution in [3.8, 4) is 0 Å². The molecule has 0 aliphatic carbocycles. The van der Waals surface area contributed by atoms with Crippen molar-refractivity contribution in [1.82, 2.24) is 4.90 Å². The van der Waals surface area contributed by atoms with Crippen molar-refractivity contribution in [3.63, 3.8) is 0 Å². The van der Waals surface area contributed by atoms with Crippen LogP contribution in [0, 0.1) is 19.8 Å². The third-order valence-corrected chi connectivity index (χ3v) is 4.38. The van der Waals surface area contributed by atoms with Gasteiger partial charge in [0.15, 0.2) is 0 Å². The molecule has 0 saturated carbocycles. The molecule has 1 aliphatic rings. The average Bonchev–Trinajstić information content (AvgIpc) is 3.11. The van der Waals surface area contributed by atoms with Gasteiger partial charge in [-0.15, -0.1) is 0 Å². The Morgan fingerprint density at radius 3 is 2.21 bits per heavy atom. The van der Waals surface area contributed by atoms with Gasteiger partial charge in [0.2, 0.25) is 5.91 Å². The molecule has 1 N–H and O–H groups in total. The van der Waals surface area contributed by atoms with Crippen molar-refractivity contribution in [2.75, 3.05) is 11.9 Å². The number of para-hydroxylation sites is 1. The summed E-state index contributed by atoms with van der Waals surface area (Å²) in [5.74, 6) is -0.968. The second kappa shape index (κ2) is 12.0. The van der Waals surface area contributed by atoms with Crippen LogP contribution in [0.1, 0.15) is 25.5 Å². The van der Waals surface area contributed by atoms with E-state index in [1.807, 2.05) is 67.6 Å². The molecule has 2 aromatic carbocycles. The van der Waals surface area contributed by atoms with Gasteiger partial charge in [-0.1, -0.05) is 54.4 Å². The Bertz CT molecular complexity index is 740. The van der Waals surface area contributed by atoms with Crippen molar-refractivity contribution < 1.29 is 47.0 Å². The summed E-state index contributed by atoms with van der Waals surface area (Å²) in [6.45, 7) is 11.0. The van der Waals surface area contributed by atoms with Crippen LogP contribution in [0.4, 0.5) is 10.5 Å². The van der Waals surface area contributed by atoms with Gasteiger partial charge in [0.1, 0.15) is 12.6 Å². The summed E-state index contributed by atoms with van der Waals surface area (Å²) in [5, 5.41) is 3.25. The van der Waals surface area contributed by atoms with Crippen LogP contribution in [-0.4, -0.2) is 29.5 Å². The van der Waals surface area contributed by atoms with Gasteiger partial charge in [-0.2, -0.15) is 6.92 Å². The molecular formula is C22H26N2O3Y-2. The molecule has 6 heteroatoms.